The van der Waals surface area contributed by atoms with Crippen LogP contribution in [0.3, 0.4) is 0 Å². The van der Waals surface area contributed by atoms with Crippen molar-refractivity contribution in [3.63, 3.8) is 0 Å². The lowest BCUT2D eigenvalue weighted by molar-refractivity contribution is -0.142. The van der Waals surface area contributed by atoms with E-state index in [1.54, 1.807) is 35.0 Å². The summed E-state index contributed by atoms with van der Waals surface area (Å²) < 4.78 is 1.78. The van der Waals surface area contributed by atoms with Crippen LogP contribution >= 0.6 is 0 Å². The van der Waals surface area contributed by atoms with Crippen molar-refractivity contribution in [1.82, 2.24) is 15.1 Å². The van der Waals surface area contributed by atoms with Gasteiger partial charge in [-0.3, -0.25) is 9.48 Å². The van der Waals surface area contributed by atoms with E-state index in [1.807, 2.05) is 20.9 Å². The van der Waals surface area contributed by atoms with Gasteiger partial charge in [-0.15, -0.1) is 0 Å². The van der Waals surface area contributed by atoms with E-state index < -0.39 is 12.0 Å². The molecule has 0 aliphatic heterocycles. The molecular weight excluding hydrogens is 294 g/mol. The fourth-order valence-corrected chi connectivity index (χ4v) is 2.58. The first-order valence-corrected chi connectivity index (χ1v) is 7.46. The molecule has 1 amide bonds. The second-order valence-electron chi connectivity index (χ2n) is 5.52. The highest BCUT2D eigenvalue weighted by Crippen LogP contribution is 2.16. The normalized spacial score (nSPS) is 12.0. The van der Waals surface area contributed by atoms with Gasteiger partial charge in [0.1, 0.15) is 0 Å². The summed E-state index contributed by atoms with van der Waals surface area (Å²) in [4.78, 5) is 23.5. The summed E-state index contributed by atoms with van der Waals surface area (Å²) in [5, 5.41) is 16.2. The third kappa shape index (κ3) is 3.97. The van der Waals surface area contributed by atoms with Gasteiger partial charge in [-0.1, -0.05) is 30.3 Å². The number of rotatable bonds is 6. The number of nitrogens with one attached hydrogen (secondary N) is 1. The Hall–Kier alpha value is -2.63. The van der Waals surface area contributed by atoms with E-state index >= 15 is 0 Å². The Labute approximate surface area is 135 Å². The molecule has 6 nitrogen and oxygen atoms in total. The van der Waals surface area contributed by atoms with Crippen LogP contribution in [-0.4, -0.2) is 26.8 Å². The monoisotopic (exact) mass is 315 g/mol. The van der Waals surface area contributed by atoms with Gasteiger partial charge in [0, 0.05) is 19.2 Å². The number of nitrogens with zero attached hydrogens (tertiary/aromatic N) is 2. The molecular formula is C17H21N3O3. The van der Waals surface area contributed by atoms with Gasteiger partial charge in [0.15, 0.2) is 6.04 Å². The van der Waals surface area contributed by atoms with Gasteiger partial charge in [-0.05, 0) is 31.4 Å². The predicted molar refractivity (Wildman–Crippen MR) is 86.0 cm³/mol. The molecule has 6 heteroatoms. The van der Waals surface area contributed by atoms with E-state index in [-0.39, 0.29) is 12.3 Å². The average Bonchev–Trinajstić information content (AvgIpc) is 2.76. The first-order chi connectivity index (χ1) is 10.9. The molecule has 0 radical (unpaired) electrons. The van der Waals surface area contributed by atoms with Gasteiger partial charge >= 0.3 is 5.97 Å². The summed E-state index contributed by atoms with van der Waals surface area (Å²) in [6, 6.07) is 7.65. The van der Waals surface area contributed by atoms with Crippen LogP contribution in [0.4, 0.5) is 0 Å². The molecule has 0 bridgehead atoms. The number of aryl methyl sites for hydroxylation is 2. The molecule has 0 aliphatic rings. The molecule has 0 aliphatic carbocycles. The average molecular weight is 315 g/mol. The summed E-state index contributed by atoms with van der Waals surface area (Å²) in [7, 11) is 1.86. The topological polar surface area (TPSA) is 84.2 Å². The second-order valence-corrected chi connectivity index (χ2v) is 5.52. The lowest BCUT2D eigenvalue weighted by atomic mass is 10.1. The lowest BCUT2D eigenvalue weighted by Gasteiger charge is -2.15. The summed E-state index contributed by atoms with van der Waals surface area (Å²) in [5.74, 6) is -1.36. The number of hydrogen-bond donors (Lipinski definition) is 2. The smallest absolute Gasteiger partial charge is 0.330 e. The summed E-state index contributed by atoms with van der Waals surface area (Å²) in [5.41, 5.74) is 3.51. The molecule has 0 saturated heterocycles. The molecule has 0 spiro atoms. The van der Waals surface area contributed by atoms with Crippen molar-refractivity contribution in [2.75, 3.05) is 0 Å². The minimum absolute atomic E-state index is 0.226. The number of carbonyl (C=O) groups excluding carboxylic acids is 1. The lowest BCUT2D eigenvalue weighted by Crippen LogP contribution is -2.33. The zero-order valence-electron chi connectivity index (χ0n) is 13.5. The molecule has 2 N–H and O–H groups in total. The Morgan fingerprint density at radius 3 is 2.43 bits per heavy atom. The second kappa shape index (κ2) is 7.09. The van der Waals surface area contributed by atoms with Crippen molar-refractivity contribution < 1.29 is 14.7 Å². The first kappa shape index (κ1) is 16.7. The standard InChI is InChI=1S/C17H21N3O3/c1-11-14(12(2)20(3)19-11)9-10-15(21)18-16(17(22)23)13-7-5-4-6-8-13/h4-8,16H,9-10H2,1-3H3,(H,18,21)(H,22,23). The van der Waals surface area contributed by atoms with E-state index in [0.29, 0.717) is 12.0 Å². The molecule has 1 unspecified atom stereocenters. The van der Waals surface area contributed by atoms with Gasteiger partial charge < -0.3 is 10.4 Å². The molecule has 0 fully saturated rings. The number of aliphatic carboxylic acids is 1. The number of aromatic nitrogens is 2. The number of benzene rings is 1. The fraction of sp³-hybridized carbons (Fsp3) is 0.353. The Bertz CT molecular complexity index is 707. The van der Waals surface area contributed by atoms with Crippen molar-refractivity contribution in [3.05, 3.63) is 52.8 Å². The van der Waals surface area contributed by atoms with Crippen LogP contribution in [0.2, 0.25) is 0 Å². The molecule has 1 aromatic carbocycles. The van der Waals surface area contributed by atoms with E-state index in [2.05, 4.69) is 10.4 Å². The van der Waals surface area contributed by atoms with Gasteiger partial charge in [-0.2, -0.15) is 5.10 Å². The Morgan fingerprint density at radius 2 is 1.91 bits per heavy atom. The van der Waals surface area contributed by atoms with Gasteiger partial charge in [0.25, 0.3) is 0 Å². The highest BCUT2D eigenvalue weighted by molar-refractivity contribution is 5.84. The van der Waals surface area contributed by atoms with Gasteiger partial charge in [0.05, 0.1) is 5.69 Å². The van der Waals surface area contributed by atoms with Crippen LogP contribution in [-0.2, 0) is 23.1 Å². The molecule has 2 rings (SSSR count). The molecule has 1 aromatic heterocycles. The van der Waals surface area contributed by atoms with E-state index in [1.165, 1.54) is 0 Å². The van der Waals surface area contributed by atoms with Gasteiger partial charge in [-0.25, -0.2) is 4.79 Å². The quantitative estimate of drug-likeness (QED) is 0.853. The van der Waals surface area contributed by atoms with Crippen LogP contribution in [0, 0.1) is 13.8 Å². The van der Waals surface area contributed by atoms with Crippen molar-refractivity contribution in [3.8, 4) is 0 Å². The number of carboxylic acid groups (broad SMARTS) is 1. The Morgan fingerprint density at radius 1 is 1.26 bits per heavy atom. The maximum Gasteiger partial charge on any atom is 0.330 e. The number of carboxylic acids is 1. The molecule has 0 saturated carbocycles. The largest absolute Gasteiger partial charge is 0.479 e. The number of amides is 1. The minimum Gasteiger partial charge on any atom is -0.479 e. The first-order valence-electron chi connectivity index (χ1n) is 7.46. The van der Waals surface area contributed by atoms with E-state index in [0.717, 1.165) is 17.0 Å². The highest BCUT2D eigenvalue weighted by atomic mass is 16.4. The SMILES string of the molecule is Cc1nn(C)c(C)c1CCC(=O)NC(C(=O)O)c1ccccc1. The third-order valence-electron chi connectivity index (χ3n) is 3.95. The summed E-state index contributed by atoms with van der Waals surface area (Å²) in [6.45, 7) is 3.86. The molecule has 1 atom stereocenters. The number of hydrogen-bond acceptors (Lipinski definition) is 3. The zero-order valence-corrected chi connectivity index (χ0v) is 13.5. The number of carbonyl (C=O) groups is 2. The molecule has 1 heterocycles. The fourth-order valence-electron chi connectivity index (χ4n) is 2.58. The van der Waals surface area contributed by atoms with Crippen molar-refractivity contribution >= 4 is 11.9 Å². The molecule has 2 aromatic rings. The summed E-state index contributed by atoms with van der Waals surface area (Å²) >= 11 is 0. The third-order valence-corrected chi connectivity index (χ3v) is 3.95. The van der Waals surface area contributed by atoms with Crippen LogP contribution in [0.1, 0.15) is 35.0 Å². The van der Waals surface area contributed by atoms with Crippen molar-refractivity contribution in [1.29, 1.82) is 0 Å². The van der Waals surface area contributed by atoms with Crippen molar-refractivity contribution in [2.24, 2.45) is 7.05 Å². The molecule has 23 heavy (non-hydrogen) atoms. The van der Waals surface area contributed by atoms with Crippen LogP contribution < -0.4 is 5.32 Å². The zero-order chi connectivity index (χ0) is 17.0. The van der Waals surface area contributed by atoms with Crippen LogP contribution in [0.25, 0.3) is 0 Å². The molecule has 122 valence electrons. The van der Waals surface area contributed by atoms with E-state index in [4.69, 9.17) is 0 Å². The summed E-state index contributed by atoms with van der Waals surface area (Å²) in [6.07, 6.45) is 0.766. The van der Waals surface area contributed by atoms with E-state index in [9.17, 15) is 14.7 Å². The van der Waals surface area contributed by atoms with Crippen LogP contribution in [0.5, 0.6) is 0 Å². The van der Waals surface area contributed by atoms with Crippen LogP contribution in [0.15, 0.2) is 30.3 Å². The minimum atomic E-state index is -1.07. The van der Waals surface area contributed by atoms with Crippen molar-refractivity contribution in [2.45, 2.75) is 32.7 Å². The van der Waals surface area contributed by atoms with Gasteiger partial charge in [0.2, 0.25) is 5.91 Å². The predicted octanol–water partition coefficient (Wildman–Crippen LogP) is 1.91. The maximum atomic E-state index is 12.1. The maximum absolute atomic E-state index is 12.1. The Balaban J connectivity index is 2.01. The Kier molecular flexibility index (Phi) is 5.16. The highest BCUT2D eigenvalue weighted by Gasteiger charge is 2.22.